The first-order valence-electron chi connectivity index (χ1n) is 11.7. The van der Waals surface area contributed by atoms with Gasteiger partial charge in [0.15, 0.2) is 11.9 Å². The number of benzene rings is 2. The molecule has 1 fully saturated rings. The molecule has 1 aliphatic heterocycles. The van der Waals surface area contributed by atoms with E-state index in [0.717, 1.165) is 22.5 Å². The number of likely N-dealkylation sites (tertiary alicyclic amines) is 1. The second kappa shape index (κ2) is 11.0. The summed E-state index contributed by atoms with van der Waals surface area (Å²) in [6, 6.07) is 13.6. The molecule has 0 bridgehead atoms. The van der Waals surface area contributed by atoms with E-state index in [4.69, 9.17) is 11.6 Å². The number of nitrogens with zero attached hydrogens (tertiary/aromatic N) is 3. The number of hydrogen-bond acceptors (Lipinski definition) is 5. The molecule has 1 saturated heterocycles. The Morgan fingerprint density at radius 1 is 1.08 bits per heavy atom. The van der Waals surface area contributed by atoms with Crippen molar-refractivity contribution in [1.82, 2.24) is 14.7 Å². The lowest BCUT2D eigenvalue weighted by Gasteiger charge is -2.28. The third-order valence-corrected chi connectivity index (χ3v) is 6.66. The van der Waals surface area contributed by atoms with Crippen molar-refractivity contribution >= 4 is 23.3 Å². The molecule has 1 unspecified atom stereocenters. The van der Waals surface area contributed by atoms with E-state index in [0.29, 0.717) is 30.0 Å². The van der Waals surface area contributed by atoms with Crippen molar-refractivity contribution in [1.29, 1.82) is 0 Å². The van der Waals surface area contributed by atoms with Crippen molar-refractivity contribution in [3.8, 4) is 5.69 Å². The van der Waals surface area contributed by atoms with Gasteiger partial charge in [-0.15, -0.1) is 0 Å². The van der Waals surface area contributed by atoms with Gasteiger partial charge in [-0.2, -0.15) is 18.3 Å². The number of halogens is 4. The van der Waals surface area contributed by atoms with Crippen molar-refractivity contribution in [3.05, 3.63) is 82.6 Å². The molecule has 196 valence electrons. The van der Waals surface area contributed by atoms with Crippen LogP contribution < -0.4 is 0 Å². The first-order valence-corrected chi connectivity index (χ1v) is 12.1. The summed E-state index contributed by atoms with van der Waals surface area (Å²) >= 11 is 6.06. The zero-order chi connectivity index (χ0) is 26.7. The first kappa shape index (κ1) is 26.8. The summed E-state index contributed by atoms with van der Waals surface area (Å²) in [4.78, 5) is 26.9. The lowest BCUT2D eigenvalue weighted by atomic mass is 10.00. The highest BCUT2D eigenvalue weighted by Gasteiger charge is 2.38. The number of amides is 1. The minimum absolute atomic E-state index is 0.164. The summed E-state index contributed by atoms with van der Waals surface area (Å²) in [7, 11) is 0. The zero-order valence-electron chi connectivity index (χ0n) is 19.6. The van der Waals surface area contributed by atoms with Crippen LogP contribution in [0.15, 0.2) is 60.8 Å². The monoisotopic (exact) mass is 535 g/mol. The van der Waals surface area contributed by atoms with Crippen LogP contribution in [0, 0.1) is 0 Å². The molecule has 0 aliphatic carbocycles. The van der Waals surface area contributed by atoms with E-state index in [2.05, 4.69) is 5.10 Å². The summed E-state index contributed by atoms with van der Waals surface area (Å²) in [5.74, 6) is -1.44. The number of aryl methyl sites for hydroxylation is 1. The van der Waals surface area contributed by atoms with Crippen LogP contribution in [0.1, 0.15) is 42.1 Å². The van der Waals surface area contributed by atoms with Gasteiger partial charge in [0, 0.05) is 18.0 Å². The smallest absolute Gasteiger partial charge is 0.382 e. The maximum atomic E-state index is 13.1. The lowest BCUT2D eigenvalue weighted by Crippen LogP contribution is -2.47. The number of carbonyl (C=O) groups is 2. The van der Waals surface area contributed by atoms with E-state index in [-0.39, 0.29) is 24.6 Å². The van der Waals surface area contributed by atoms with Crippen LogP contribution in [0.4, 0.5) is 13.2 Å². The number of Topliss-reactive ketones (excluding diaryl/α,β-unsaturated/α-hetero) is 1. The van der Waals surface area contributed by atoms with E-state index in [1.165, 1.54) is 17.0 Å². The predicted octanol–water partition coefficient (Wildman–Crippen LogP) is 4.13. The minimum atomic E-state index is -4.56. The number of aliphatic hydroxyl groups is 2. The summed E-state index contributed by atoms with van der Waals surface area (Å²) in [6.45, 7) is 0.382. The van der Waals surface area contributed by atoms with Crippen LogP contribution in [0.2, 0.25) is 5.02 Å². The van der Waals surface area contributed by atoms with Gasteiger partial charge < -0.3 is 15.1 Å². The van der Waals surface area contributed by atoms with Crippen LogP contribution in [0.25, 0.3) is 5.69 Å². The Morgan fingerprint density at radius 3 is 2.49 bits per heavy atom. The van der Waals surface area contributed by atoms with E-state index < -0.39 is 35.8 Å². The summed E-state index contributed by atoms with van der Waals surface area (Å²) in [6.07, 6.45) is -5.93. The number of ketones is 1. The number of hydrogen-bond donors (Lipinski definition) is 2. The molecule has 0 spiro atoms. The van der Waals surface area contributed by atoms with Gasteiger partial charge in [0.2, 0.25) is 0 Å². The molecule has 11 heteroatoms. The van der Waals surface area contributed by atoms with E-state index in [1.54, 1.807) is 30.3 Å². The molecule has 1 aliphatic rings. The number of carbonyl (C=O) groups excluding carboxylic acids is 2. The molecule has 0 radical (unpaired) electrons. The molecule has 1 amide bonds. The maximum absolute atomic E-state index is 13.1. The van der Waals surface area contributed by atoms with Crippen LogP contribution in [-0.4, -0.2) is 55.3 Å². The van der Waals surface area contributed by atoms with Crippen molar-refractivity contribution in [2.45, 2.75) is 50.1 Å². The van der Waals surface area contributed by atoms with Gasteiger partial charge >= 0.3 is 6.18 Å². The predicted molar refractivity (Wildman–Crippen MR) is 129 cm³/mol. The molecule has 2 aromatic carbocycles. The molecular formula is C26H25ClF3N3O4. The molecular weight excluding hydrogens is 511 g/mol. The molecule has 37 heavy (non-hydrogen) atoms. The zero-order valence-corrected chi connectivity index (χ0v) is 20.4. The third kappa shape index (κ3) is 6.03. The summed E-state index contributed by atoms with van der Waals surface area (Å²) < 4.78 is 40.1. The number of alkyl halides is 3. The number of aromatic nitrogens is 2. The Morgan fingerprint density at radius 2 is 1.81 bits per heavy atom. The Balaban J connectivity index is 1.35. The largest absolute Gasteiger partial charge is 0.433 e. The van der Waals surface area contributed by atoms with Crippen molar-refractivity contribution in [3.63, 3.8) is 0 Å². The van der Waals surface area contributed by atoms with Gasteiger partial charge in [-0.1, -0.05) is 35.9 Å². The number of aliphatic hydroxyl groups excluding tert-OH is 2. The Labute approximate surface area is 216 Å². The Bertz CT molecular complexity index is 1260. The lowest BCUT2D eigenvalue weighted by molar-refractivity contribution is -0.153. The molecule has 7 nitrogen and oxygen atoms in total. The fraction of sp³-hybridized carbons (Fsp3) is 0.346. The average molecular weight is 536 g/mol. The third-order valence-electron chi connectivity index (χ3n) is 6.43. The van der Waals surface area contributed by atoms with Crippen molar-refractivity contribution < 1.29 is 33.0 Å². The fourth-order valence-corrected chi connectivity index (χ4v) is 4.71. The quantitative estimate of drug-likeness (QED) is 0.452. The van der Waals surface area contributed by atoms with Gasteiger partial charge in [-0.25, -0.2) is 4.68 Å². The van der Waals surface area contributed by atoms with Gasteiger partial charge in [-0.3, -0.25) is 9.59 Å². The van der Waals surface area contributed by atoms with Crippen LogP contribution >= 0.6 is 11.6 Å². The molecule has 1 aromatic heterocycles. The number of rotatable bonds is 8. The highest BCUT2D eigenvalue weighted by atomic mass is 35.5. The normalized spacial score (nSPS) is 17.6. The van der Waals surface area contributed by atoms with Crippen LogP contribution in [0.3, 0.4) is 0 Å². The van der Waals surface area contributed by atoms with E-state index in [1.807, 2.05) is 6.07 Å². The second-order valence-corrected chi connectivity index (χ2v) is 9.33. The first-order chi connectivity index (χ1) is 17.6. The highest BCUT2D eigenvalue weighted by Crippen LogP contribution is 2.34. The maximum Gasteiger partial charge on any atom is 0.433 e. The van der Waals surface area contributed by atoms with Gasteiger partial charge in [-0.05, 0) is 60.7 Å². The standard InChI is InChI=1S/C26H25ClF3N3O4/c27-18-4-1-3-17(15-18)20-5-2-14-32(20)25(37)24(36)23(35)21(34)11-8-16-6-9-19(10-7-16)33-22(12-13-31-33)26(28,29)30/h1,3-4,6-7,9-10,12-13,15,20,23-24,35-36H,2,5,8,11,14H2/t20?,23-,24+/m0/s1. The average Bonchev–Trinajstić information content (AvgIpc) is 3.56. The van der Waals surface area contributed by atoms with Crippen molar-refractivity contribution in [2.75, 3.05) is 6.54 Å². The fourth-order valence-electron chi connectivity index (χ4n) is 4.51. The summed E-state index contributed by atoms with van der Waals surface area (Å²) in [5.41, 5.74) is 0.736. The molecule has 3 atom stereocenters. The minimum Gasteiger partial charge on any atom is -0.382 e. The van der Waals surface area contributed by atoms with E-state index >= 15 is 0 Å². The molecule has 2 heterocycles. The second-order valence-electron chi connectivity index (χ2n) is 8.89. The summed E-state index contributed by atoms with van der Waals surface area (Å²) in [5, 5.41) is 25.1. The van der Waals surface area contributed by atoms with Crippen LogP contribution in [0.5, 0.6) is 0 Å². The molecule has 2 N–H and O–H groups in total. The Hall–Kier alpha value is -3.21. The van der Waals surface area contributed by atoms with Crippen LogP contribution in [-0.2, 0) is 22.2 Å². The van der Waals surface area contributed by atoms with Gasteiger partial charge in [0.05, 0.1) is 17.9 Å². The highest BCUT2D eigenvalue weighted by molar-refractivity contribution is 6.30. The van der Waals surface area contributed by atoms with Crippen molar-refractivity contribution in [2.24, 2.45) is 0 Å². The van der Waals surface area contributed by atoms with E-state index in [9.17, 15) is 33.0 Å². The molecule has 3 aromatic rings. The SMILES string of the molecule is O=C(CCc1ccc(-n2nccc2C(F)(F)F)cc1)[C@H](O)[C@@H](O)C(=O)N1CCCC1c1cccc(Cl)c1. The topological polar surface area (TPSA) is 95.7 Å². The molecule has 4 rings (SSSR count). The molecule has 0 saturated carbocycles. The van der Waals surface area contributed by atoms with Gasteiger partial charge in [0.1, 0.15) is 11.8 Å². The Kier molecular flexibility index (Phi) is 8.01. The van der Waals surface area contributed by atoms with Gasteiger partial charge in [0.25, 0.3) is 5.91 Å².